The maximum Gasteiger partial charge on any atom is 0.305 e. The van der Waals surface area contributed by atoms with Crippen LogP contribution < -0.4 is 5.32 Å². The number of benzene rings is 1. The molecule has 0 bridgehead atoms. The van der Waals surface area contributed by atoms with Gasteiger partial charge >= 0.3 is 5.97 Å². The van der Waals surface area contributed by atoms with Gasteiger partial charge in [-0.3, -0.25) is 9.59 Å². The van der Waals surface area contributed by atoms with Gasteiger partial charge < -0.3 is 10.4 Å². The molecule has 1 amide bonds. The second-order valence-corrected chi connectivity index (χ2v) is 4.73. The summed E-state index contributed by atoms with van der Waals surface area (Å²) >= 11 is 0. The maximum absolute atomic E-state index is 11.7. The van der Waals surface area contributed by atoms with Crippen LogP contribution in [0.15, 0.2) is 24.3 Å². The summed E-state index contributed by atoms with van der Waals surface area (Å²) in [4.78, 5) is 22.6. The molecular formula is C14H19NO3. The molecule has 0 aromatic heterocycles. The van der Waals surface area contributed by atoms with E-state index in [0.29, 0.717) is 0 Å². The van der Waals surface area contributed by atoms with Gasteiger partial charge in [0.1, 0.15) is 0 Å². The summed E-state index contributed by atoms with van der Waals surface area (Å²) in [5.41, 5.74) is 1.87. The fraction of sp³-hybridized carbons (Fsp3) is 0.429. The van der Waals surface area contributed by atoms with Crippen LogP contribution in [0, 0.1) is 12.8 Å². The normalized spacial score (nSPS) is 12.2. The predicted octanol–water partition coefficient (Wildman–Crippen LogP) is 2.28. The van der Waals surface area contributed by atoms with Crippen LogP contribution in [0.5, 0.6) is 0 Å². The zero-order valence-corrected chi connectivity index (χ0v) is 10.9. The van der Waals surface area contributed by atoms with Crippen molar-refractivity contribution in [2.45, 2.75) is 33.2 Å². The third-order valence-corrected chi connectivity index (χ3v) is 2.66. The van der Waals surface area contributed by atoms with Crippen molar-refractivity contribution in [2.75, 3.05) is 0 Å². The van der Waals surface area contributed by atoms with E-state index in [-0.39, 0.29) is 18.2 Å². The molecule has 0 saturated carbocycles. The SMILES string of the molecule is Cc1cccc(C(CC(=O)O)NC(=O)C(C)C)c1. The third kappa shape index (κ3) is 4.20. The zero-order chi connectivity index (χ0) is 13.7. The van der Waals surface area contributed by atoms with Crippen LogP contribution in [0.1, 0.15) is 37.4 Å². The van der Waals surface area contributed by atoms with E-state index in [0.717, 1.165) is 11.1 Å². The number of carbonyl (C=O) groups excluding carboxylic acids is 1. The summed E-state index contributed by atoms with van der Waals surface area (Å²) in [6.45, 7) is 5.50. The van der Waals surface area contributed by atoms with E-state index in [1.54, 1.807) is 13.8 Å². The Balaban J connectivity index is 2.91. The molecule has 1 atom stereocenters. The van der Waals surface area contributed by atoms with Gasteiger partial charge in [-0.15, -0.1) is 0 Å². The van der Waals surface area contributed by atoms with Gasteiger partial charge in [-0.25, -0.2) is 0 Å². The molecule has 0 radical (unpaired) electrons. The van der Waals surface area contributed by atoms with Crippen LogP contribution in [-0.2, 0) is 9.59 Å². The van der Waals surface area contributed by atoms with Crippen LogP contribution in [0.4, 0.5) is 0 Å². The molecule has 0 spiro atoms. The Hall–Kier alpha value is -1.84. The number of amides is 1. The highest BCUT2D eigenvalue weighted by Crippen LogP contribution is 2.18. The molecule has 1 unspecified atom stereocenters. The predicted molar refractivity (Wildman–Crippen MR) is 69.2 cm³/mol. The molecule has 0 heterocycles. The van der Waals surface area contributed by atoms with Crippen molar-refractivity contribution >= 4 is 11.9 Å². The number of hydrogen-bond acceptors (Lipinski definition) is 2. The minimum Gasteiger partial charge on any atom is -0.481 e. The lowest BCUT2D eigenvalue weighted by Crippen LogP contribution is -2.33. The molecule has 98 valence electrons. The Bertz CT molecular complexity index is 440. The Morgan fingerprint density at radius 3 is 2.50 bits per heavy atom. The summed E-state index contributed by atoms with van der Waals surface area (Å²) in [7, 11) is 0. The largest absolute Gasteiger partial charge is 0.481 e. The first kappa shape index (κ1) is 14.2. The van der Waals surface area contributed by atoms with Crippen molar-refractivity contribution in [1.82, 2.24) is 5.32 Å². The van der Waals surface area contributed by atoms with Crippen molar-refractivity contribution in [3.8, 4) is 0 Å². The fourth-order valence-corrected chi connectivity index (χ4v) is 1.65. The molecule has 4 nitrogen and oxygen atoms in total. The molecule has 18 heavy (non-hydrogen) atoms. The highest BCUT2D eigenvalue weighted by Gasteiger charge is 2.19. The molecule has 1 rings (SSSR count). The molecule has 0 saturated heterocycles. The number of hydrogen-bond donors (Lipinski definition) is 2. The number of carboxylic acids is 1. The fourth-order valence-electron chi connectivity index (χ4n) is 1.65. The molecule has 2 N–H and O–H groups in total. The molecule has 1 aromatic rings. The Morgan fingerprint density at radius 2 is 2.00 bits per heavy atom. The van der Waals surface area contributed by atoms with Crippen molar-refractivity contribution in [1.29, 1.82) is 0 Å². The first-order valence-electron chi connectivity index (χ1n) is 5.99. The van der Waals surface area contributed by atoms with E-state index in [4.69, 9.17) is 5.11 Å². The van der Waals surface area contributed by atoms with Gasteiger partial charge in [-0.2, -0.15) is 0 Å². The quantitative estimate of drug-likeness (QED) is 0.841. The lowest BCUT2D eigenvalue weighted by Gasteiger charge is -2.19. The standard InChI is InChI=1S/C14H19NO3/c1-9(2)14(18)15-12(8-13(16)17)11-6-4-5-10(3)7-11/h4-7,9,12H,8H2,1-3H3,(H,15,18)(H,16,17). The van der Waals surface area contributed by atoms with Crippen LogP contribution in [0.3, 0.4) is 0 Å². The lowest BCUT2D eigenvalue weighted by atomic mass is 10.0. The number of rotatable bonds is 5. The molecule has 1 aromatic carbocycles. The van der Waals surface area contributed by atoms with Crippen LogP contribution >= 0.6 is 0 Å². The van der Waals surface area contributed by atoms with Crippen LogP contribution in [-0.4, -0.2) is 17.0 Å². The topological polar surface area (TPSA) is 66.4 Å². The summed E-state index contributed by atoms with van der Waals surface area (Å²) in [5, 5.41) is 11.7. The van der Waals surface area contributed by atoms with Gasteiger partial charge in [0.25, 0.3) is 0 Å². The van der Waals surface area contributed by atoms with Crippen LogP contribution in [0.2, 0.25) is 0 Å². The number of aryl methyl sites for hydroxylation is 1. The van der Waals surface area contributed by atoms with Gasteiger partial charge in [-0.05, 0) is 12.5 Å². The highest BCUT2D eigenvalue weighted by molar-refractivity contribution is 5.79. The van der Waals surface area contributed by atoms with Crippen molar-refractivity contribution < 1.29 is 14.7 Å². The molecule has 4 heteroatoms. The maximum atomic E-state index is 11.7. The van der Waals surface area contributed by atoms with E-state index in [2.05, 4.69) is 5.32 Å². The van der Waals surface area contributed by atoms with E-state index in [9.17, 15) is 9.59 Å². The van der Waals surface area contributed by atoms with Gasteiger partial charge in [0.05, 0.1) is 12.5 Å². The minimum absolute atomic E-state index is 0.109. The average molecular weight is 249 g/mol. The smallest absolute Gasteiger partial charge is 0.305 e. The first-order chi connectivity index (χ1) is 8.40. The van der Waals surface area contributed by atoms with E-state index in [1.165, 1.54) is 0 Å². The van der Waals surface area contributed by atoms with Crippen molar-refractivity contribution in [2.24, 2.45) is 5.92 Å². The van der Waals surface area contributed by atoms with Crippen molar-refractivity contribution in [3.63, 3.8) is 0 Å². The molecule has 0 aliphatic carbocycles. The Morgan fingerprint density at radius 1 is 1.33 bits per heavy atom. The Labute approximate surface area is 107 Å². The monoisotopic (exact) mass is 249 g/mol. The summed E-state index contributed by atoms with van der Waals surface area (Å²) in [5.74, 6) is -1.22. The summed E-state index contributed by atoms with van der Waals surface area (Å²) in [6.07, 6.45) is -0.109. The highest BCUT2D eigenvalue weighted by atomic mass is 16.4. The molecule has 0 aliphatic heterocycles. The van der Waals surface area contributed by atoms with Gasteiger partial charge in [0.15, 0.2) is 0 Å². The van der Waals surface area contributed by atoms with E-state index < -0.39 is 12.0 Å². The summed E-state index contributed by atoms with van der Waals surface area (Å²) < 4.78 is 0. The van der Waals surface area contributed by atoms with Crippen LogP contribution in [0.25, 0.3) is 0 Å². The van der Waals surface area contributed by atoms with E-state index in [1.807, 2.05) is 31.2 Å². The number of aliphatic carboxylic acids is 1. The van der Waals surface area contributed by atoms with Gasteiger partial charge in [0, 0.05) is 5.92 Å². The molecule has 0 fully saturated rings. The lowest BCUT2D eigenvalue weighted by molar-refractivity contribution is -0.137. The molecular weight excluding hydrogens is 230 g/mol. The van der Waals surface area contributed by atoms with E-state index >= 15 is 0 Å². The molecule has 0 aliphatic rings. The third-order valence-electron chi connectivity index (χ3n) is 2.66. The second-order valence-electron chi connectivity index (χ2n) is 4.73. The second kappa shape index (κ2) is 6.19. The number of carbonyl (C=O) groups is 2. The van der Waals surface area contributed by atoms with Gasteiger partial charge in [-0.1, -0.05) is 43.7 Å². The Kier molecular flexibility index (Phi) is 4.89. The number of nitrogens with one attached hydrogen (secondary N) is 1. The number of carboxylic acid groups (broad SMARTS) is 1. The van der Waals surface area contributed by atoms with Crippen molar-refractivity contribution in [3.05, 3.63) is 35.4 Å². The first-order valence-corrected chi connectivity index (χ1v) is 5.99. The minimum atomic E-state index is -0.925. The zero-order valence-electron chi connectivity index (χ0n) is 10.9. The average Bonchev–Trinajstić information content (AvgIpc) is 2.27. The summed E-state index contributed by atoms with van der Waals surface area (Å²) in [6, 6.07) is 7.06. The van der Waals surface area contributed by atoms with Gasteiger partial charge in [0.2, 0.25) is 5.91 Å².